The summed E-state index contributed by atoms with van der Waals surface area (Å²) in [6, 6.07) is 4.86. The van der Waals surface area contributed by atoms with Crippen molar-refractivity contribution in [2.24, 2.45) is 10.9 Å². The second-order valence-electron chi connectivity index (χ2n) is 5.50. The van der Waals surface area contributed by atoms with Gasteiger partial charge in [0.1, 0.15) is 6.61 Å². The molecule has 5 nitrogen and oxygen atoms in total. The number of benzene rings is 1. The number of nitrogens with zero attached hydrogens (tertiary/aromatic N) is 1. The maximum absolute atomic E-state index is 12.3. The molecule has 134 valence electrons. The van der Waals surface area contributed by atoms with Crippen LogP contribution in [0.15, 0.2) is 23.2 Å². The number of rotatable bonds is 8. The van der Waals surface area contributed by atoms with Gasteiger partial charge in [0.05, 0.1) is 16.7 Å². The summed E-state index contributed by atoms with van der Waals surface area (Å²) in [7, 11) is 0. The second-order valence-corrected chi connectivity index (χ2v) is 6.31. The van der Waals surface area contributed by atoms with Crippen molar-refractivity contribution in [3.05, 3.63) is 33.8 Å². The Bertz CT molecular complexity index is 563. The lowest BCUT2D eigenvalue weighted by Gasteiger charge is -2.12. The molecule has 0 aromatic heterocycles. The summed E-state index contributed by atoms with van der Waals surface area (Å²) >= 11 is 11.8. The van der Waals surface area contributed by atoms with E-state index >= 15 is 0 Å². The zero-order chi connectivity index (χ0) is 17.9. The quantitative estimate of drug-likeness (QED) is 0.421. The van der Waals surface area contributed by atoms with Crippen LogP contribution in [0.5, 0.6) is 0 Å². The van der Waals surface area contributed by atoms with E-state index in [1.807, 2.05) is 6.92 Å². The molecule has 0 fully saturated rings. The fourth-order valence-electron chi connectivity index (χ4n) is 1.69. The monoisotopic (exact) mass is 374 g/mol. The first-order valence-electron chi connectivity index (χ1n) is 7.95. The molecule has 0 aliphatic rings. The third-order valence-electron chi connectivity index (χ3n) is 3.03. The molecule has 1 aromatic carbocycles. The highest BCUT2D eigenvalue weighted by atomic mass is 35.5. The summed E-state index contributed by atoms with van der Waals surface area (Å²) in [6.07, 6.45) is 0.904. The van der Waals surface area contributed by atoms with Crippen molar-refractivity contribution in [3.63, 3.8) is 0 Å². The number of amidine groups is 1. The van der Waals surface area contributed by atoms with Crippen LogP contribution in [-0.4, -0.2) is 38.3 Å². The Labute approximate surface area is 153 Å². The van der Waals surface area contributed by atoms with Crippen molar-refractivity contribution in [2.45, 2.75) is 27.2 Å². The van der Waals surface area contributed by atoms with Gasteiger partial charge in [0.2, 0.25) is 0 Å². The van der Waals surface area contributed by atoms with Gasteiger partial charge in [-0.1, -0.05) is 37.0 Å². The summed E-state index contributed by atoms with van der Waals surface area (Å²) in [5, 5.41) is 3.38. The van der Waals surface area contributed by atoms with Crippen molar-refractivity contribution >= 4 is 35.1 Å². The van der Waals surface area contributed by atoms with Gasteiger partial charge in [-0.15, -0.1) is 0 Å². The highest BCUT2D eigenvalue weighted by Crippen LogP contribution is 2.22. The molecular weight excluding hydrogens is 351 g/mol. The fraction of sp³-hybridized carbons (Fsp3) is 0.529. The molecule has 1 amide bonds. The zero-order valence-corrected chi connectivity index (χ0v) is 15.8. The van der Waals surface area contributed by atoms with Gasteiger partial charge in [-0.3, -0.25) is 10.1 Å². The standard InChI is InChI=1S/C17H24Cl2N2O3/c1-4-23-9-10-24-17(20-8-7-12(2)3)21-16(22)13-5-6-14(18)15(19)11-13/h5-6,11-12H,4,7-10H2,1-3H3,(H,20,21,22). The van der Waals surface area contributed by atoms with Crippen LogP contribution in [0.4, 0.5) is 0 Å². The minimum absolute atomic E-state index is 0.187. The van der Waals surface area contributed by atoms with Crippen molar-refractivity contribution in [1.82, 2.24) is 5.32 Å². The number of carbonyl (C=O) groups excluding carboxylic acids is 1. The van der Waals surface area contributed by atoms with Gasteiger partial charge < -0.3 is 9.47 Å². The van der Waals surface area contributed by atoms with E-state index in [-0.39, 0.29) is 11.9 Å². The van der Waals surface area contributed by atoms with Gasteiger partial charge in [0, 0.05) is 18.7 Å². The minimum atomic E-state index is -0.353. The highest BCUT2D eigenvalue weighted by molar-refractivity contribution is 6.42. The molecule has 0 saturated carbocycles. The van der Waals surface area contributed by atoms with E-state index in [9.17, 15) is 4.79 Å². The molecule has 0 atom stereocenters. The summed E-state index contributed by atoms with van der Waals surface area (Å²) in [5.41, 5.74) is 0.384. The number of nitrogens with one attached hydrogen (secondary N) is 1. The first kappa shape index (κ1) is 20.7. The summed E-state index contributed by atoms with van der Waals surface area (Å²) < 4.78 is 10.7. The average molecular weight is 375 g/mol. The Morgan fingerprint density at radius 2 is 2.00 bits per heavy atom. The zero-order valence-electron chi connectivity index (χ0n) is 14.3. The van der Waals surface area contributed by atoms with Crippen molar-refractivity contribution in [3.8, 4) is 0 Å². The average Bonchev–Trinajstić information content (AvgIpc) is 2.53. The van der Waals surface area contributed by atoms with E-state index in [1.165, 1.54) is 6.07 Å². The van der Waals surface area contributed by atoms with Crippen LogP contribution in [0.1, 0.15) is 37.6 Å². The van der Waals surface area contributed by atoms with Crippen LogP contribution in [0, 0.1) is 5.92 Å². The SMILES string of the molecule is CCOCCOC(=NCCC(C)C)NC(=O)c1ccc(Cl)c(Cl)c1. The van der Waals surface area contributed by atoms with Crippen LogP contribution < -0.4 is 5.32 Å². The Balaban J connectivity index is 2.70. The summed E-state index contributed by atoms with van der Waals surface area (Å²) in [5.74, 6) is 0.164. The molecule has 0 saturated heterocycles. The number of halogens is 2. The summed E-state index contributed by atoms with van der Waals surface area (Å²) in [4.78, 5) is 16.6. The van der Waals surface area contributed by atoms with E-state index in [0.717, 1.165) is 6.42 Å². The highest BCUT2D eigenvalue weighted by Gasteiger charge is 2.12. The first-order chi connectivity index (χ1) is 11.4. The molecule has 0 aliphatic heterocycles. The predicted octanol–water partition coefficient (Wildman–Crippen LogP) is 4.18. The van der Waals surface area contributed by atoms with Crippen LogP contribution in [0.25, 0.3) is 0 Å². The lowest BCUT2D eigenvalue weighted by molar-refractivity contribution is 0.0922. The van der Waals surface area contributed by atoms with Gasteiger partial charge in [-0.25, -0.2) is 4.99 Å². The van der Waals surface area contributed by atoms with Crippen molar-refractivity contribution in [1.29, 1.82) is 0 Å². The number of amides is 1. The third kappa shape index (κ3) is 7.99. The topological polar surface area (TPSA) is 59.9 Å². The van der Waals surface area contributed by atoms with Crippen LogP contribution >= 0.6 is 23.2 Å². The third-order valence-corrected chi connectivity index (χ3v) is 3.77. The molecule has 1 aromatic rings. The van der Waals surface area contributed by atoms with E-state index < -0.39 is 0 Å². The Hall–Kier alpha value is -1.30. The van der Waals surface area contributed by atoms with E-state index in [4.69, 9.17) is 32.7 Å². The Morgan fingerprint density at radius 1 is 1.25 bits per heavy atom. The largest absolute Gasteiger partial charge is 0.463 e. The van der Waals surface area contributed by atoms with Gasteiger partial charge in [0.15, 0.2) is 0 Å². The number of hydrogen-bond acceptors (Lipinski definition) is 4. The Kier molecular flexibility index (Phi) is 9.76. The predicted molar refractivity (Wildman–Crippen MR) is 98.1 cm³/mol. The van der Waals surface area contributed by atoms with Gasteiger partial charge in [-0.05, 0) is 37.5 Å². The summed E-state index contributed by atoms with van der Waals surface area (Å²) in [6.45, 7) is 8.06. The van der Waals surface area contributed by atoms with Crippen LogP contribution in [-0.2, 0) is 9.47 Å². The molecule has 1 N–H and O–H groups in total. The maximum Gasteiger partial charge on any atom is 0.291 e. The van der Waals surface area contributed by atoms with Gasteiger partial charge in [0.25, 0.3) is 11.9 Å². The number of aliphatic imine (C=N–C) groups is 1. The van der Waals surface area contributed by atoms with E-state index in [2.05, 4.69) is 24.2 Å². The molecule has 0 aliphatic carbocycles. The second kappa shape index (κ2) is 11.3. The van der Waals surface area contributed by atoms with E-state index in [1.54, 1.807) is 12.1 Å². The number of hydrogen-bond donors (Lipinski definition) is 1. The molecule has 0 unspecified atom stereocenters. The van der Waals surface area contributed by atoms with Crippen LogP contribution in [0.3, 0.4) is 0 Å². The van der Waals surface area contributed by atoms with Gasteiger partial charge >= 0.3 is 0 Å². The normalized spacial score (nSPS) is 11.7. The van der Waals surface area contributed by atoms with Crippen LogP contribution in [0.2, 0.25) is 10.0 Å². The smallest absolute Gasteiger partial charge is 0.291 e. The molecule has 0 radical (unpaired) electrons. The number of ether oxygens (including phenoxy) is 2. The first-order valence-corrected chi connectivity index (χ1v) is 8.71. The van der Waals surface area contributed by atoms with Crippen molar-refractivity contribution < 1.29 is 14.3 Å². The maximum atomic E-state index is 12.3. The molecule has 0 spiro atoms. The Morgan fingerprint density at radius 3 is 2.62 bits per heavy atom. The molecule has 1 rings (SSSR count). The molecular formula is C17H24Cl2N2O3. The fourth-order valence-corrected chi connectivity index (χ4v) is 1.99. The number of carbonyl (C=O) groups is 1. The van der Waals surface area contributed by atoms with Gasteiger partial charge in [-0.2, -0.15) is 0 Å². The molecule has 0 bridgehead atoms. The molecule has 24 heavy (non-hydrogen) atoms. The molecule has 0 heterocycles. The van der Waals surface area contributed by atoms with Crippen molar-refractivity contribution in [2.75, 3.05) is 26.4 Å². The molecule has 7 heteroatoms. The lowest BCUT2D eigenvalue weighted by Crippen LogP contribution is -2.33. The minimum Gasteiger partial charge on any atom is -0.463 e. The lowest BCUT2D eigenvalue weighted by atomic mass is 10.1. The van der Waals surface area contributed by atoms with E-state index in [0.29, 0.717) is 47.9 Å².